The molecular weight excluding hydrogens is 524 g/mol. The minimum Gasteiger partial charge on any atom is -0.370 e. The Morgan fingerprint density at radius 2 is 1.88 bits per heavy atom. The summed E-state index contributed by atoms with van der Waals surface area (Å²) in [5.74, 6) is 1.87. The highest BCUT2D eigenvalue weighted by Crippen LogP contribution is 2.44. The van der Waals surface area contributed by atoms with Gasteiger partial charge in [0, 0.05) is 35.3 Å². The molecule has 0 aromatic heterocycles. The van der Waals surface area contributed by atoms with E-state index in [0.717, 1.165) is 29.0 Å². The second-order valence-corrected chi connectivity index (χ2v) is 12.1. The van der Waals surface area contributed by atoms with Gasteiger partial charge in [0.25, 0.3) is 0 Å². The first-order valence-electron chi connectivity index (χ1n) is 15.7. The fourth-order valence-electron chi connectivity index (χ4n) is 5.83. The summed E-state index contributed by atoms with van der Waals surface area (Å²) in [6.07, 6.45) is 22.2. The molecule has 2 unspecified atom stereocenters. The second-order valence-electron chi connectivity index (χ2n) is 12.1. The molecule has 1 aliphatic carbocycles. The van der Waals surface area contributed by atoms with Gasteiger partial charge < -0.3 is 16.0 Å². The van der Waals surface area contributed by atoms with Gasteiger partial charge in [0.15, 0.2) is 5.96 Å². The van der Waals surface area contributed by atoms with Crippen LogP contribution in [0.5, 0.6) is 0 Å². The number of hydrogen-bond acceptors (Lipinski definition) is 2. The summed E-state index contributed by atoms with van der Waals surface area (Å²) >= 11 is 0. The highest BCUT2D eigenvalue weighted by Gasteiger charge is 2.29. The normalized spacial score (nSPS) is 18.7. The monoisotopic (exact) mass is 570 g/mol. The zero-order valence-electron chi connectivity index (χ0n) is 26.2. The maximum absolute atomic E-state index is 6.27. The average molecular weight is 571 g/mol. The standard InChI is InChI=1S/C39H46N4/c1-6-10-31-11-8-9-12-35(31)26-42-39(40)41-21-19-28(4)38-37(34-17-15-33(16-18-34)32-13-14-32)29(5)24-36-25-30(20-22-43(36)38)23-27(3)7-2/h6,8-12,15-22,24-25,27-28,32H,5,7,13-14,23,26H2,1-4H3,(H3,40,41,42)/b10-6+,21-19-. The molecule has 222 valence electrons. The molecule has 0 radical (unpaired) electrons. The molecule has 5 rings (SSSR count). The Bertz CT molecular complexity index is 1540. The highest BCUT2D eigenvalue weighted by atomic mass is 15.1. The van der Waals surface area contributed by atoms with Crippen LogP contribution in [0.4, 0.5) is 0 Å². The summed E-state index contributed by atoms with van der Waals surface area (Å²) in [5, 5.41) is 3.20. The van der Waals surface area contributed by atoms with Crippen molar-refractivity contribution in [1.82, 2.24) is 10.2 Å². The molecular formula is C39H46N4. The van der Waals surface area contributed by atoms with E-state index in [4.69, 9.17) is 5.73 Å². The van der Waals surface area contributed by atoms with Crippen molar-refractivity contribution < 1.29 is 0 Å². The van der Waals surface area contributed by atoms with Crippen molar-refractivity contribution in [2.75, 3.05) is 0 Å². The maximum Gasteiger partial charge on any atom is 0.192 e. The van der Waals surface area contributed by atoms with Crippen LogP contribution < -0.4 is 11.1 Å². The Balaban J connectivity index is 1.39. The molecule has 0 amide bonds. The molecule has 2 aliphatic heterocycles. The molecule has 2 aromatic rings. The summed E-state index contributed by atoms with van der Waals surface area (Å²) in [7, 11) is 0. The van der Waals surface area contributed by atoms with Crippen molar-refractivity contribution in [2.45, 2.75) is 65.8 Å². The predicted molar refractivity (Wildman–Crippen MR) is 184 cm³/mol. The number of allylic oxidation sites excluding steroid dienone is 8. The van der Waals surface area contributed by atoms with E-state index in [1.54, 1.807) is 0 Å². The first-order valence-corrected chi connectivity index (χ1v) is 15.7. The minimum atomic E-state index is 0.0865. The van der Waals surface area contributed by atoms with Crippen LogP contribution in [0.25, 0.3) is 11.6 Å². The van der Waals surface area contributed by atoms with Crippen molar-refractivity contribution in [2.24, 2.45) is 22.6 Å². The lowest BCUT2D eigenvalue weighted by molar-refractivity contribution is 0.512. The number of guanidine groups is 1. The molecule has 0 bridgehead atoms. The largest absolute Gasteiger partial charge is 0.370 e. The van der Waals surface area contributed by atoms with Crippen LogP contribution in [-0.4, -0.2) is 10.9 Å². The van der Waals surface area contributed by atoms with Crippen LogP contribution in [0.2, 0.25) is 0 Å². The lowest BCUT2D eigenvalue weighted by Gasteiger charge is -2.37. The van der Waals surface area contributed by atoms with Gasteiger partial charge in [-0.15, -0.1) is 0 Å². The third-order valence-corrected chi connectivity index (χ3v) is 8.61. The average Bonchev–Trinajstić information content (AvgIpc) is 3.86. The van der Waals surface area contributed by atoms with E-state index in [2.05, 4.69) is 116 Å². The first kappa shape index (κ1) is 30.2. The van der Waals surface area contributed by atoms with Gasteiger partial charge in [-0.25, -0.2) is 4.99 Å². The van der Waals surface area contributed by atoms with E-state index in [-0.39, 0.29) is 5.92 Å². The molecule has 1 saturated carbocycles. The quantitative estimate of drug-likeness (QED) is 0.209. The summed E-state index contributed by atoms with van der Waals surface area (Å²) in [6, 6.07) is 17.4. The van der Waals surface area contributed by atoms with E-state index >= 15 is 0 Å². The fraction of sp³-hybridized carbons (Fsp3) is 0.308. The van der Waals surface area contributed by atoms with E-state index in [1.165, 1.54) is 52.9 Å². The first-order chi connectivity index (χ1) is 20.9. The Kier molecular flexibility index (Phi) is 9.66. The molecule has 0 spiro atoms. The summed E-state index contributed by atoms with van der Waals surface area (Å²) in [4.78, 5) is 6.92. The van der Waals surface area contributed by atoms with E-state index < -0.39 is 0 Å². The molecule has 2 heterocycles. The Labute approximate surface area is 258 Å². The SMILES string of the molecule is C=C1C=C2C=C(CC(C)CC)C=CN2C(C(C)/C=C\NC(N)=NCc2ccccc2/C=C/C)=C1c1ccc(C2CC2)cc1. The van der Waals surface area contributed by atoms with Gasteiger partial charge in [-0.1, -0.05) is 101 Å². The predicted octanol–water partition coefficient (Wildman–Crippen LogP) is 9.21. The third kappa shape index (κ3) is 7.37. The zero-order valence-corrected chi connectivity index (χ0v) is 26.2. The van der Waals surface area contributed by atoms with Gasteiger partial charge in [-0.05, 0) is 89.7 Å². The van der Waals surface area contributed by atoms with Crippen LogP contribution in [0.15, 0.2) is 125 Å². The van der Waals surface area contributed by atoms with Gasteiger partial charge in [-0.3, -0.25) is 0 Å². The van der Waals surface area contributed by atoms with Crippen molar-refractivity contribution in [3.05, 3.63) is 143 Å². The number of benzene rings is 2. The van der Waals surface area contributed by atoms with Crippen LogP contribution in [-0.2, 0) is 6.54 Å². The van der Waals surface area contributed by atoms with Crippen molar-refractivity contribution in [3.8, 4) is 0 Å². The topological polar surface area (TPSA) is 53.6 Å². The molecule has 43 heavy (non-hydrogen) atoms. The van der Waals surface area contributed by atoms with Crippen molar-refractivity contribution in [3.63, 3.8) is 0 Å². The second kappa shape index (κ2) is 13.8. The van der Waals surface area contributed by atoms with Crippen molar-refractivity contribution >= 4 is 17.6 Å². The minimum absolute atomic E-state index is 0.0865. The Morgan fingerprint density at radius 3 is 2.60 bits per heavy atom. The molecule has 2 atom stereocenters. The number of rotatable bonds is 11. The van der Waals surface area contributed by atoms with Crippen LogP contribution in [0.3, 0.4) is 0 Å². The van der Waals surface area contributed by atoms with Crippen LogP contribution in [0.1, 0.15) is 81.5 Å². The highest BCUT2D eigenvalue weighted by molar-refractivity contribution is 5.86. The van der Waals surface area contributed by atoms with Gasteiger partial charge in [-0.2, -0.15) is 0 Å². The Morgan fingerprint density at radius 1 is 1.12 bits per heavy atom. The molecule has 0 saturated heterocycles. The van der Waals surface area contributed by atoms with Gasteiger partial charge in [0.1, 0.15) is 0 Å². The van der Waals surface area contributed by atoms with Crippen molar-refractivity contribution in [1.29, 1.82) is 0 Å². The van der Waals surface area contributed by atoms with E-state index in [0.29, 0.717) is 18.4 Å². The molecule has 3 N–H and O–H groups in total. The van der Waals surface area contributed by atoms with Gasteiger partial charge >= 0.3 is 0 Å². The molecule has 4 heteroatoms. The smallest absolute Gasteiger partial charge is 0.192 e. The number of nitrogens with zero attached hydrogens (tertiary/aromatic N) is 2. The van der Waals surface area contributed by atoms with Gasteiger partial charge in [0.2, 0.25) is 0 Å². The maximum atomic E-state index is 6.27. The van der Waals surface area contributed by atoms with Gasteiger partial charge in [0.05, 0.1) is 6.54 Å². The lowest BCUT2D eigenvalue weighted by atomic mass is 9.85. The fourth-order valence-corrected chi connectivity index (χ4v) is 5.83. The summed E-state index contributed by atoms with van der Waals surface area (Å²) in [6.45, 7) is 13.9. The third-order valence-electron chi connectivity index (χ3n) is 8.61. The summed E-state index contributed by atoms with van der Waals surface area (Å²) in [5.41, 5.74) is 17.2. The molecule has 3 aliphatic rings. The molecule has 2 aromatic carbocycles. The molecule has 1 fully saturated rings. The summed E-state index contributed by atoms with van der Waals surface area (Å²) < 4.78 is 0. The zero-order chi connectivity index (χ0) is 30.3. The van der Waals surface area contributed by atoms with E-state index in [1.807, 2.05) is 31.3 Å². The number of aliphatic imine (C=N–C) groups is 1. The van der Waals surface area contributed by atoms with Crippen LogP contribution in [0, 0.1) is 11.8 Å². The number of fused-ring (bicyclic) bond motifs is 1. The number of hydrogen-bond donors (Lipinski definition) is 2. The van der Waals surface area contributed by atoms with Crippen LogP contribution >= 0.6 is 0 Å². The number of nitrogens with two attached hydrogens (primary N) is 1. The lowest BCUT2D eigenvalue weighted by Crippen LogP contribution is -2.28. The Hall–Kier alpha value is -4.31. The van der Waals surface area contributed by atoms with E-state index in [9.17, 15) is 0 Å². The number of nitrogens with one attached hydrogen (secondary N) is 1. The molecule has 4 nitrogen and oxygen atoms in total.